The van der Waals surface area contributed by atoms with E-state index in [-0.39, 0.29) is 11.8 Å². The molecule has 0 atom stereocenters. The van der Waals surface area contributed by atoms with E-state index < -0.39 is 0 Å². The Morgan fingerprint density at radius 2 is 1.70 bits per heavy atom. The number of aromatic nitrogens is 1. The van der Waals surface area contributed by atoms with Gasteiger partial charge in [0.2, 0.25) is 5.91 Å². The number of thioether (sulfide) groups is 1. The summed E-state index contributed by atoms with van der Waals surface area (Å²) < 4.78 is 2.01. The molecule has 0 saturated heterocycles. The molecule has 0 fully saturated rings. The maximum atomic E-state index is 12.3. The minimum Gasteiger partial charge on any atom is -0.326 e. The number of hydrogen-bond donors (Lipinski definition) is 2. The number of carbonyl (C=O) groups excluding carboxylic acids is 2. The summed E-state index contributed by atoms with van der Waals surface area (Å²) in [5.74, 6) is 0.551. The van der Waals surface area contributed by atoms with Gasteiger partial charge in [0.25, 0.3) is 5.91 Å². The number of thiazole rings is 1. The van der Waals surface area contributed by atoms with Gasteiger partial charge in [-0.15, -0.1) is 11.3 Å². The molecule has 0 aliphatic carbocycles. The molecule has 0 unspecified atom stereocenters. The molecule has 3 aromatic carbocycles. The SMILES string of the molecule is CC(=O)Nc1ccc2nc(SCc3ccc(C(=O)Nc4ccccc4)cc3)sc2c1. The van der Waals surface area contributed by atoms with Crippen molar-refractivity contribution in [2.24, 2.45) is 0 Å². The van der Waals surface area contributed by atoms with Crippen LogP contribution in [0.15, 0.2) is 77.1 Å². The summed E-state index contributed by atoms with van der Waals surface area (Å²) in [4.78, 5) is 28.2. The van der Waals surface area contributed by atoms with Gasteiger partial charge in [0.1, 0.15) is 0 Å². The minimum atomic E-state index is -0.124. The predicted octanol–water partition coefficient (Wildman–Crippen LogP) is 5.80. The van der Waals surface area contributed by atoms with E-state index in [1.54, 1.807) is 23.1 Å². The van der Waals surface area contributed by atoms with Crippen LogP contribution in [0.5, 0.6) is 0 Å². The van der Waals surface area contributed by atoms with E-state index in [1.165, 1.54) is 6.92 Å². The van der Waals surface area contributed by atoms with Crippen LogP contribution in [0, 0.1) is 0 Å². The van der Waals surface area contributed by atoms with Gasteiger partial charge in [-0.25, -0.2) is 4.98 Å². The molecule has 5 nitrogen and oxygen atoms in total. The first kappa shape index (κ1) is 20.1. The molecule has 4 aromatic rings. The Bertz CT molecular complexity index is 1190. The second kappa shape index (κ2) is 9.11. The van der Waals surface area contributed by atoms with Crippen LogP contribution >= 0.6 is 23.1 Å². The van der Waals surface area contributed by atoms with Crippen molar-refractivity contribution in [3.05, 3.63) is 83.9 Å². The average Bonchev–Trinajstić information content (AvgIpc) is 3.15. The number of nitrogens with zero attached hydrogens (tertiary/aromatic N) is 1. The Labute approximate surface area is 182 Å². The van der Waals surface area contributed by atoms with Gasteiger partial charge < -0.3 is 10.6 Å². The number of fused-ring (bicyclic) bond motifs is 1. The Hall–Kier alpha value is -3.16. The van der Waals surface area contributed by atoms with Gasteiger partial charge in [-0.1, -0.05) is 42.1 Å². The van der Waals surface area contributed by atoms with Gasteiger partial charge in [0.05, 0.1) is 10.2 Å². The maximum Gasteiger partial charge on any atom is 0.255 e. The van der Waals surface area contributed by atoms with Crippen LogP contribution in [0.25, 0.3) is 10.2 Å². The van der Waals surface area contributed by atoms with Crippen molar-refractivity contribution in [3.63, 3.8) is 0 Å². The van der Waals surface area contributed by atoms with E-state index in [2.05, 4.69) is 15.6 Å². The molecule has 30 heavy (non-hydrogen) atoms. The van der Waals surface area contributed by atoms with Crippen LogP contribution in [0.2, 0.25) is 0 Å². The second-order valence-corrected chi connectivity index (χ2v) is 8.90. The molecule has 0 radical (unpaired) electrons. The van der Waals surface area contributed by atoms with Gasteiger partial charge in [-0.05, 0) is 48.0 Å². The lowest BCUT2D eigenvalue weighted by Crippen LogP contribution is -2.11. The molecule has 1 heterocycles. The smallest absolute Gasteiger partial charge is 0.255 e. The molecule has 2 amide bonds. The second-order valence-electron chi connectivity index (χ2n) is 6.65. The summed E-state index contributed by atoms with van der Waals surface area (Å²) in [6.45, 7) is 1.49. The fourth-order valence-corrected chi connectivity index (χ4v) is 4.93. The fraction of sp³-hybridized carbons (Fsp3) is 0.0870. The third-order valence-corrected chi connectivity index (χ3v) is 6.53. The summed E-state index contributed by atoms with van der Waals surface area (Å²) in [6, 6.07) is 22.7. The van der Waals surface area contributed by atoms with Crippen LogP contribution in [0.1, 0.15) is 22.8 Å². The molecular weight excluding hydrogens is 414 g/mol. The normalized spacial score (nSPS) is 10.7. The number of anilines is 2. The third kappa shape index (κ3) is 5.06. The van der Waals surface area contributed by atoms with Crippen molar-refractivity contribution in [2.75, 3.05) is 10.6 Å². The van der Waals surface area contributed by atoms with E-state index in [1.807, 2.05) is 72.8 Å². The largest absolute Gasteiger partial charge is 0.326 e. The molecule has 0 bridgehead atoms. The number of benzene rings is 3. The first-order valence-electron chi connectivity index (χ1n) is 9.33. The predicted molar refractivity (Wildman–Crippen MR) is 124 cm³/mol. The van der Waals surface area contributed by atoms with Gasteiger partial charge in [0.15, 0.2) is 4.34 Å². The highest BCUT2D eigenvalue weighted by atomic mass is 32.2. The van der Waals surface area contributed by atoms with Crippen molar-refractivity contribution in [2.45, 2.75) is 17.0 Å². The zero-order valence-electron chi connectivity index (χ0n) is 16.2. The Morgan fingerprint density at radius 1 is 0.933 bits per heavy atom. The van der Waals surface area contributed by atoms with Crippen molar-refractivity contribution in [1.82, 2.24) is 4.98 Å². The average molecular weight is 434 g/mol. The van der Waals surface area contributed by atoms with Gasteiger partial charge in [0, 0.05) is 29.6 Å². The van der Waals surface area contributed by atoms with E-state index in [0.717, 1.165) is 37.2 Å². The summed E-state index contributed by atoms with van der Waals surface area (Å²) in [6.07, 6.45) is 0. The van der Waals surface area contributed by atoms with E-state index >= 15 is 0 Å². The molecule has 1 aromatic heterocycles. The molecule has 0 spiro atoms. The van der Waals surface area contributed by atoms with Crippen LogP contribution < -0.4 is 10.6 Å². The van der Waals surface area contributed by atoms with Gasteiger partial charge in [-0.2, -0.15) is 0 Å². The number of amides is 2. The molecular formula is C23H19N3O2S2. The zero-order valence-corrected chi connectivity index (χ0v) is 17.8. The van der Waals surface area contributed by atoms with Gasteiger partial charge >= 0.3 is 0 Å². The van der Waals surface area contributed by atoms with Crippen LogP contribution in [0.3, 0.4) is 0 Å². The Kier molecular flexibility index (Phi) is 6.11. The first-order valence-corrected chi connectivity index (χ1v) is 11.1. The quantitative estimate of drug-likeness (QED) is 0.377. The van der Waals surface area contributed by atoms with Gasteiger partial charge in [-0.3, -0.25) is 9.59 Å². The standard InChI is InChI=1S/C23H19N3O2S2/c1-15(27)24-19-11-12-20-21(13-19)30-23(26-20)29-14-16-7-9-17(10-8-16)22(28)25-18-5-3-2-4-6-18/h2-13H,14H2,1H3,(H,24,27)(H,25,28). The number of carbonyl (C=O) groups is 2. The van der Waals surface area contributed by atoms with Crippen LogP contribution in [0.4, 0.5) is 11.4 Å². The van der Waals surface area contributed by atoms with Crippen molar-refractivity contribution in [1.29, 1.82) is 0 Å². The summed E-state index contributed by atoms with van der Waals surface area (Å²) in [5, 5.41) is 5.68. The van der Waals surface area contributed by atoms with Crippen LogP contribution in [-0.4, -0.2) is 16.8 Å². The summed E-state index contributed by atoms with van der Waals surface area (Å²) in [7, 11) is 0. The topological polar surface area (TPSA) is 71.1 Å². The van der Waals surface area contributed by atoms with Crippen molar-refractivity contribution < 1.29 is 9.59 Å². The highest BCUT2D eigenvalue weighted by molar-refractivity contribution is 8.00. The van der Waals surface area contributed by atoms with E-state index in [0.29, 0.717) is 5.56 Å². The number of para-hydroxylation sites is 1. The molecule has 4 rings (SSSR count). The highest BCUT2D eigenvalue weighted by Gasteiger charge is 2.08. The fourth-order valence-electron chi connectivity index (χ4n) is 2.87. The lowest BCUT2D eigenvalue weighted by molar-refractivity contribution is -0.114. The molecule has 0 aliphatic rings. The van der Waals surface area contributed by atoms with Crippen molar-refractivity contribution in [3.8, 4) is 0 Å². The summed E-state index contributed by atoms with van der Waals surface area (Å²) in [5.41, 5.74) is 4.22. The monoisotopic (exact) mass is 433 g/mol. The first-order chi connectivity index (χ1) is 14.6. The summed E-state index contributed by atoms with van der Waals surface area (Å²) >= 11 is 3.26. The van der Waals surface area contributed by atoms with E-state index in [9.17, 15) is 9.59 Å². The Balaban J connectivity index is 1.38. The molecule has 0 saturated carbocycles. The molecule has 150 valence electrons. The molecule has 2 N–H and O–H groups in total. The number of nitrogens with one attached hydrogen (secondary N) is 2. The Morgan fingerprint density at radius 3 is 2.43 bits per heavy atom. The maximum absolute atomic E-state index is 12.3. The van der Waals surface area contributed by atoms with E-state index in [4.69, 9.17) is 0 Å². The lowest BCUT2D eigenvalue weighted by atomic mass is 10.1. The third-order valence-electron chi connectivity index (χ3n) is 4.30. The number of hydrogen-bond acceptors (Lipinski definition) is 5. The molecule has 7 heteroatoms. The number of rotatable bonds is 6. The molecule has 0 aliphatic heterocycles. The highest BCUT2D eigenvalue weighted by Crippen LogP contribution is 2.33. The lowest BCUT2D eigenvalue weighted by Gasteiger charge is -2.06. The van der Waals surface area contributed by atoms with Crippen molar-refractivity contribution >= 4 is 56.5 Å². The van der Waals surface area contributed by atoms with Crippen LogP contribution in [-0.2, 0) is 10.5 Å². The zero-order chi connectivity index (χ0) is 20.9. The minimum absolute atomic E-state index is 0.0886.